The Kier molecular flexibility index (Phi) is 4.61. The van der Waals surface area contributed by atoms with E-state index in [9.17, 15) is 9.59 Å². The highest BCUT2D eigenvalue weighted by Crippen LogP contribution is 2.17. The summed E-state index contributed by atoms with van der Waals surface area (Å²) < 4.78 is 0. The molecule has 2 rings (SSSR count). The predicted molar refractivity (Wildman–Crippen MR) is 79.9 cm³/mol. The van der Waals surface area contributed by atoms with Crippen LogP contribution in [0.5, 0.6) is 0 Å². The predicted octanol–water partition coefficient (Wildman–Crippen LogP) is 0.823. The summed E-state index contributed by atoms with van der Waals surface area (Å²) in [4.78, 5) is 23.2. The third-order valence-corrected chi connectivity index (χ3v) is 3.22. The van der Waals surface area contributed by atoms with E-state index in [0.717, 1.165) is 5.56 Å². The van der Waals surface area contributed by atoms with E-state index in [-0.39, 0.29) is 24.2 Å². The van der Waals surface area contributed by atoms with Crippen LogP contribution >= 0.6 is 0 Å². The molecule has 1 aromatic rings. The lowest BCUT2D eigenvalue weighted by atomic mass is 10.0. The summed E-state index contributed by atoms with van der Waals surface area (Å²) in [6.07, 6.45) is 0.622. The van der Waals surface area contributed by atoms with Crippen molar-refractivity contribution in [1.82, 2.24) is 21.7 Å². The van der Waals surface area contributed by atoms with Gasteiger partial charge < -0.3 is 5.43 Å². The minimum atomic E-state index is -0.368. The fourth-order valence-corrected chi connectivity index (χ4v) is 1.97. The smallest absolute Gasteiger partial charge is 0.247 e. The second-order valence-corrected chi connectivity index (χ2v) is 4.75. The standard InChI is InChI=1S/C15H18N4O2/c1-10(12-6-4-3-5-7-12)16-18-14(20)9-8-13-11(2)17-19-15(13)21/h3-7,13,16-17H,1-2,8-9H2,(H,18,20)(H,19,21). The molecule has 1 aromatic carbocycles. The Morgan fingerprint density at radius 1 is 1.19 bits per heavy atom. The quantitative estimate of drug-likeness (QED) is 0.584. The monoisotopic (exact) mass is 286 g/mol. The number of rotatable bonds is 6. The summed E-state index contributed by atoms with van der Waals surface area (Å²) in [6.45, 7) is 7.57. The molecule has 0 saturated carbocycles. The first-order valence-electron chi connectivity index (χ1n) is 6.62. The zero-order valence-electron chi connectivity index (χ0n) is 11.6. The van der Waals surface area contributed by atoms with E-state index in [4.69, 9.17) is 0 Å². The second-order valence-electron chi connectivity index (χ2n) is 4.75. The highest BCUT2D eigenvalue weighted by molar-refractivity contribution is 5.84. The molecule has 1 aliphatic heterocycles. The minimum Gasteiger partial charge on any atom is -0.303 e. The van der Waals surface area contributed by atoms with Crippen LogP contribution in [-0.2, 0) is 9.59 Å². The lowest BCUT2D eigenvalue weighted by Gasteiger charge is -2.12. The number of carbonyl (C=O) groups excluding carboxylic acids is 2. The molecule has 6 heteroatoms. The van der Waals surface area contributed by atoms with Gasteiger partial charge in [-0.15, -0.1) is 0 Å². The van der Waals surface area contributed by atoms with E-state index in [2.05, 4.69) is 34.9 Å². The molecule has 6 nitrogen and oxygen atoms in total. The SMILES string of the molecule is C=C(NNC(=O)CCC1C(=C)NNC1=O)c1ccccc1. The fraction of sp³-hybridized carbons (Fsp3) is 0.200. The number of carbonyl (C=O) groups is 2. The second kappa shape index (κ2) is 6.60. The number of hydrogen-bond acceptors (Lipinski definition) is 4. The fourth-order valence-electron chi connectivity index (χ4n) is 1.97. The zero-order valence-corrected chi connectivity index (χ0v) is 11.6. The van der Waals surface area contributed by atoms with Crippen molar-refractivity contribution in [2.75, 3.05) is 0 Å². The van der Waals surface area contributed by atoms with E-state index < -0.39 is 0 Å². The van der Waals surface area contributed by atoms with E-state index in [1.54, 1.807) is 0 Å². The average Bonchev–Trinajstić information content (AvgIpc) is 2.82. The van der Waals surface area contributed by atoms with E-state index >= 15 is 0 Å². The van der Waals surface area contributed by atoms with Crippen molar-refractivity contribution >= 4 is 17.5 Å². The van der Waals surface area contributed by atoms with Crippen LogP contribution in [0.25, 0.3) is 5.70 Å². The van der Waals surface area contributed by atoms with Gasteiger partial charge in [0.25, 0.3) is 0 Å². The molecule has 0 radical (unpaired) electrons. The van der Waals surface area contributed by atoms with Gasteiger partial charge in [0.2, 0.25) is 11.8 Å². The van der Waals surface area contributed by atoms with Gasteiger partial charge in [0.1, 0.15) is 0 Å². The molecule has 4 N–H and O–H groups in total. The maximum atomic E-state index is 11.8. The van der Waals surface area contributed by atoms with Crippen LogP contribution in [0.3, 0.4) is 0 Å². The van der Waals surface area contributed by atoms with Gasteiger partial charge >= 0.3 is 0 Å². The molecule has 110 valence electrons. The van der Waals surface area contributed by atoms with Gasteiger partial charge in [0.05, 0.1) is 11.6 Å². The van der Waals surface area contributed by atoms with Crippen LogP contribution in [0, 0.1) is 5.92 Å². The number of benzene rings is 1. The van der Waals surface area contributed by atoms with Gasteiger partial charge in [-0.25, -0.2) is 0 Å². The maximum absolute atomic E-state index is 11.8. The first-order chi connectivity index (χ1) is 10.1. The van der Waals surface area contributed by atoms with E-state index in [1.165, 1.54) is 0 Å². The molecule has 0 aliphatic carbocycles. The van der Waals surface area contributed by atoms with E-state index in [1.807, 2.05) is 30.3 Å². The van der Waals surface area contributed by atoms with Gasteiger partial charge in [-0.1, -0.05) is 43.5 Å². The topological polar surface area (TPSA) is 82.3 Å². The van der Waals surface area contributed by atoms with Crippen molar-refractivity contribution in [2.24, 2.45) is 5.92 Å². The summed E-state index contributed by atoms with van der Waals surface area (Å²) in [5.41, 5.74) is 12.5. The van der Waals surface area contributed by atoms with Crippen molar-refractivity contribution < 1.29 is 9.59 Å². The Labute approximate surface area is 123 Å². The first kappa shape index (κ1) is 14.6. The molecular formula is C15H18N4O2. The summed E-state index contributed by atoms with van der Waals surface area (Å²) in [5.74, 6) is -0.734. The van der Waals surface area contributed by atoms with Crippen LogP contribution in [0.15, 0.2) is 49.2 Å². The van der Waals surface area contributed by atoms with Gasteiger partial charge in [0.15, 0.2) is 0 Å². The van der Waals surface area contributed by atoms with Crippen molar-refractivity contribution in [1.29, 1.82) is 0 Å². The molecule has 2 amide bonds. The molecular weight excluding hydrogens is 268 g/mol. The lowest BCUT2D eigenvalue weighted by Crippen LogP contribution is -2.36. The molecule has 1 aliphatic rings. The molecule has 1 fully saturated rings. The Hall–Kier alpha value is -2.76. The van der Waals surface area contributed by atoms with Crippen molar-refractivity contribution in [2.45, 2.75) is 12.8 Å². The Bertz CT molecular complexity index is 552. The van der Waals surface area contributed by atoms with Crippen LogP contribution in [0.4, 0.5) is 0 Å². The first-order valence-corrected chi connectivity index (χ1v) is 6.62. The third kappa shape index (κ3) is 3.85. The number of nitrogens with one attached hydrogen (secondary N) is 4. The van der Waals surface area contributed by atoms with Crippen molar-refractivity contribution in [3.8, 4) is 0 Å². The van der Waals surface area contributed by atoms with Gasteiger partial charge in [-0.2, -0.15) is 0 Å². The highest BCUT2D eigenvalue weighted by Gasteiger charge is 2.28. The van der Waals surface area contributed by atoms with Gasteiger partial charge in [0, 0.05) is 12.1 Å². The molecule has 0 aromatic heterocycles. The highest BCUT2D eigenvalue weighted by atomic mass is 16.2. The Morgan fingerprint density at radius 2 is 1.90 bits per heavy atom. The Morgan fingerprint density at radius 3 is 2.52 bits per heavy atom. The van der Waals surface area contributed by atoms with Crippen LogP contribution in [-0.4, -0.2) is 11.8 Å². The van der Waals surface area contributed by atoms with Crippen LogP contribution in [0.2, 0.25) is 0 Å². The summed E-state index contributed by atoms with van der Waals surface area (Å²) in [6, 6.07) is 9.46. The van der Waals surface area contributed by atoms with Crippen molar-refractivity contribution in [3.63, 3.8) is 0 Å². The lowest BCUT2D eigenvalue weighted by molar-refractivity contribution is -0.123. The minimum absolute atomic E-state index is 0.158. The van der Waals surface area contributed by atoms with Gasteiger partial charge in [-0.3, -0.25) is 25.9 Å². The molecule has 1 atom stereocenters. The summed E-state index contributed by atoms with van der Waals surface area (Å²) in [7, 11) is 0. The normalized spacial score (nSPS) is 16.9. The van der Waals surface area contributed by atoms with Crippen molar-refractivity contribution in [3.05, 3.63) is 54.8 Å². The van der Waals surface area contributed by atoms with E-state index in [0.29, 0.717) is 17.8 Å². The molecule has 0 bridgehead atoms. The number of hydrogen-bond donors (Lipinski definition) is 4. The third-order valence-electron chi connectivity index (χ3n) is 3.22. The van der Waals surface area contributed by atoms with Crippen LogP contribution < -0.4 is 21.7 Å². The number of hydrazine groups is 2. The largest absolute Gasteiger partial charge is 0.303 e. The summed E-state index contributed by atoms with van der Waals surface area (Å²) >= 11 is 0. The Balaban J connectivity index is 1.74. The molecule has 1 saturated heterocycles. The van der Waals surface area contributed by atoms with Crippen LogP contribution in [0.1, 0.15) is 18.4 Å². The molecule has 1 heterocycles. The van der Waals surface area contributed by atoms with Gasteiger partial charge in [-0.05, 0) is 12.0 Å². The average molecular weight is 286 g/mol. The number of amides is 2. The molecule has 21 heavy (non-hydrogen) atoms. The maximum Gasteiger partial charge on any atom is 0.247 e. The molecule has 1 unspecified atom stereocenters. The molecule has 0 spiro atoms. The summed E-state index contributed by atoms with van der Waals surface area (Å²) in [5, 5.41) is 0. The zero-order chi connectivity index (χ0) is 15.2.